The van der Waals surface area contributed by atoms with Gasteiger partial charge < -0.3 is 4.57 Å². The van der Waals surface area contributed by atoms with E-state index < -0.39 is 0 Å². The smallest absolute Gasteiger partial charge is 0.0992 e. The van der Waals surface area contributed by atoms with Crippen LogP contribution in [0.15, 0.2) is 24.3 Å². The Morgan fingerprint density at radius 3 is 2.69 bits per heavy atom. The van der Waals surface area contributed by atoms with Crippen LogP contribution in [0.5, 0.6) is 0 Å². The van der Waals surface area contributed by atoms with E-state index >= 15 is 0 Å². The van der Waals surface area contributed by atoms with Crippen molar-refractivity contribution in [2.45, 2.75) is 33.2 Å². The highest BCUT2D eigenvalue weighted by molar-refractivity contribution is 5.82. The molecule has 0 spiro atoms. The van der Waals surface area contributed by atoms with Crippen molar-refractivity contribution in [2.75, 3.05) is 0 Å². The van der Waals surface area contributed by atoms with E-state index in [1.54, 1.807) is 0 Å². The molecule has 82 valence electrons. The lowest BCUT2D eigenvalue weighted by Gasteiger charge is -2.07. The molecule has 0 amide bonds. The highest BCUT2D eigenvalue weighted by atomic mass is 15.0. The molecule has 0 N–H and O–H groups in total. The van der Waals surface area contributed by atoms with Gasteiger partial charge in [-0.25, -0.2) is 0 Å². The molecule has 0 atom stereocenters. The normalized spacial score (nSPS) is 10.6. The summed E-state index contributed by atoms with van der Waals surface area (Å²) in [5, 5.41) is 10.2. The molecule has 0 saturated carbocycles. The van der Waals surface area contributed by atoms with Crippen molar-refractivity contribution < 1.29 is 0 Å². The Bertz CT molecular complexity index is 544. The minimum Gasteiger partial charge on any atom is -0.345 e. The number of nitriles is 1. The third kappa shape index (κ3) is 1.69. The van der Waals surface area contributed by atoms with Crippen LogP contribution in [0.2, 0.25) is 0 Å². The fourth-order valence-corrected chi connectivity index (χ4v) is 2.16. The number of hydrogen-bond acceptors (Lipinski definition) is 1. The Morgan fingerprint density at radius 1 is 1.25 bits per heavy atom. The molecule has 2 aromatic rings. The second-order valence-corrected chi connectivity index (χ2v) is 4.03. The molecule has 0 aliphatic carbocycles. The molecule has 0 saturated heterocycles. The molecule has 0 aliphatic heterocycles. The lowest BCUT2D eigenvalue weighted by molar-refractivity contribution is 0.672. The first-order valence-corrected chi connectivity index (χ1v) is 5.82. The van der Waals surface area contributed by atoms with Crippen LogP contribution in [0.4, 0.5) is 0 Å². The number of fused-ring (bicyclic) bond motifs is 1. The first-order valence-electron chi connectivity index (χ1n) is 5.82. The molecule has 0 fully saturated rings. The first kappa shape index (κ1) is 10.8. The van der Waals surface area contributed by atoms with Gasteiger partial charge in [0.2, 0.25) is 0 Å². The van der Waals surface area contributed by atoms with Crippen LogP contribution in [0, 0.1) is 11.3 Å². The average molecular weight is 212 g/mol. The van der Waals surface area contributed by atoms with E-state index in [0.29, 0.717) is 0 Å². The zero-order valence-corrected chi connectivity index (χ0v) is 9.83. The van der Waals surface area contributed by atoms with E-state index in [4.69, 9.17) is 5.26 Å². The summed E-state index contributed by atoms with van der Waals surface area (Å²) in [4.78, 5) is 0. The van der Waals surface area contributed by atoms with Crippen molar-refractivity contribution in [1.29, 1.82) is 5.26 Å². The highest BCUT2D eigenvalue weighted by Crippen LogP contribution is 2.22. The summed E-state index contributed by atoms with van der Waals surface area (Å²) < 4.78 is 2.33. The lowest BCUT2D eigenvalue weighted by atomic mass is 10.2. The van der Waals surface area contributed by atoms with E-state index in [0.717, 1.165) is 24.9 Å². The van der Waals surface area contributed by atoms with Gasteiger partial charge in [-0.2, -0.15) is 5.26 Å². The third-order valence-electron chi connectivity index (χ3n) is 2.93. The summed E-state index contributed by atoms with van der Waals surface area (Å²) in [5.41, 5.74) is 3.29. The molecular weight excluding hydrogens is 196 g/mol. The maximum absolute atomic E-state index is 8.92. The molecule has 1 aromatic heterocycles. The van der Waals surface area contributed by atoms with Gasteiger partial charge in [-0.05, 0) is 36.4 Å². The van der Waals surface area contributed by atoms with Crippen LogP contribution >= 0.6 is 0 Å². The SMILES string of the molecule is CCCn1c(CC)cc2ccc(C#N)cc21. The zero-order valence-electron chi connectivity index (χ0n) is 9.83. The van der Waals surface area contributed by atoms with Gasteiger partial charge in [-0.3, -0.25) is 0 Å². The molecule has 2 heteroatoms. The maximum Gasteiger partial charge on any atom is 0.0992 e. The largest absolute Gasteiger partial charge is 0.345 e. The van der Waals surface area contributed by atoms with Crippen molar-refractivity contribution in [2.24, 2.45) is 0 Å². The Balaban J connectivity index is 2.66. The third-order valence-corrected chi connectivity index (χ3v) is 2.93. The molecule has 1 heterocycles. The van der Waals surface area contributed by atoms with E-state index in [1.165, 1.54) is 16.6 Å². The van der Waals surface area contributed by atoms with E-state index in [9.17, 15) is 0 Å². The molecule has 0 bridgehead atoms. The molecule has 0 unspecified atom stereocenters. The Labute approximate surface area is 96.1 Å². The maximum atomic E-state index is 8.92. The van der Waals surface area contributed by atoms with Crippen molar-refractivity contribution >= 4 is 10.9 Å². The van der Waals surface area contributed by atoms with Crippen LogP contribution in [0.3, 0.4) is 0 Å². The number of rotatable bonds is 3. The first-order chi connectivity index (χ1) is 7.80. The summed E-state index contributed by atoms with van der Waals surface area (Å²) in [6.07, 6.45) is 2.16. The Morgan fingerprint density at radius 2 is 2.06 bits per heavy atom. The zero-order chi connectivity index (χ0) is 11.5. The van der Waals surface area contributed by atoms with Crippen LogP contribution in [0.25, 0.3) is 10.9 Å². The number of hydrogen-bond donors (Lipinski definition) is 0. The van der Waals surface area contributed by atoms with Gasteiger partial charge >= 0.3 is 0 Å². The van der Waals surface area contributed by atoms with Crippen LogP contribution in [0.1, 0.15) is 31.5 Å². The van der Waals surface area contributed by atoms with Crippen molar-refractivity contribution in [3.8, 4) is 6.07 Å². The molecule has 2 rings (SSSR count). The molecular formula is C14H16N2. The summed E-state index contributed by atoms with van der Waals surface area (Å²) in [6, 6.07) is 10.3. The molecule has 2 nitrogen and oxygen atoms in total. The van der Waals surface area contributed by atoms with Gasteiger partial charge in [0.25, 0.3) is 0 Å². The second kappa shape index (κ2) is 4.40. The molecule has 0 radical (unpaired) electrons. The van der Waals surface area contributed by atoms with Gasteiger partial charge in [0.1, 0.15) is 0 Å². The number of nitrogens with zero attached hydrogens (tertiary/aromatic N) is 2. The molecule has 16 heavy (non-hydrogen) atoms. The fourth-order valence-electron chi connectivity index (χ4n) is 2.16. The highest BCUT2D eigenvalue weighted by Gasteiger charge is 2.07. The predicted molar refractivity (Wildman–Crippen MR) is 66.3 cm³/mol. The van der Waals surface area contributed by atoms with E-state index in [2.05, 4.69) is 30.6 Å². The van der Waals surface area contributed by atoms with Gasteiger partial charge in [0, 0.05) is 17.8 Å². The average Bonchev–Trinajstić information content (AvgIpc) is 2.67. The monoisotopic (exact) mass is 212 g/mol. The standard InChI is InChI=1S/C14H16N2/c1-3-7-16-13(4-2)9-12-6-5-11(10-15)8-14(12)16/h5-6,8-9H,3-4,7H2,1-2H3. The van der Waals surface area contributed by atoms with Crippen molar-refractivity contribution in [3.63, 3.8) is 0 Å². The topological polar surface area (TPSA) is 28.7 Å². The summed E-state index contributed by atoms with van der Waals surface area (Å²) in [6.45, 7) is 5.38. The molecule has 1 aromatic carbocycles. The summed E-state index contributed by atoms with van der Waals surface area (Å²) in [5.74, 6) is 0. The quantitative estimate of drug-likeness (QED) is 0.765. The van der Waals surface area contributed by atoms with E-state index in [-0.39, 0.29) is 0 Å². The van der Waals surface area contributed by atoms with E-state index in [1.807, 2.05) is 18.2 Å². The van der Waals surface area contributed by atoms with Gasteiger partial charge in [-0.1, -0.05) is 19.9 Å². The summed E-state index contributed by atoms with van der Waals surface area (Å²) in [7, 11) is 0. The second-order valence-electron chi connectivity index (χ2n) is 4.03. The van der Waals surface area contributed by atoms with Crippen LogP contribution in [-0.4, -0.2) is 4.57 Å². The number of benzene rings is 1. The number of aromatic nitrogens is 1. The van der Waals surface area contributed by atoms with Gasteiger partial charge in [-0.15, -0.1) is 0 Å². The molecule has 0 aliphatic rings. The Kier molecular flexibility index (Phi) is 2.96. The van der Waals surface area contributed by atoms with Crippen LogP contribution < -0.4 is 0 Å². The van der Waals surface area contributed by atoms with Crippen LogP contribution in [-0.2, 0) is 13.0 Å². The Hall–Kier alpha value is -1.75. The lowest BCUT2D eigenvalue weighted by Crippen LogP contribution is -2.00. The van der Waals surface area contributed by atoms with Crippen molar-refractivity contribution in [1.82, 2.24) is 4.57 Å². The predicted octanol–water partition coefficient (Wildman–Crippen LogP) is 3.49. The van der Waals surface area contributed by atoms with Gasteiger partial charge in [0.15, 0.2) is 0 Å². The minimum atomic E-state index is 0.741. The van der Waals surface area contributed by atoms with Crippen molar-refractivity contribution in [3.05, 3.63) is 35.5 Å². The minimum absolute atomic E-state index is 0.741. The van der Waals surface area contributed by atoms with Gasteiger partial charge in [0.05, 0.1) is 11.6 Å². The number of aryl methyl sites for hydroxylation is 2. The fraction of sp³-hybridized carbons (Fsp3) is 0.357. The summed E-state index contributed by atoms with van der Waals surface area (Å²) >= 11 is 0.